The molecular formula is C27H30ClN5O5S. The van der Waals surface area contributed by atoms with E-state index in [0.29, 0.717) is 23.9 Å². The molecule has 10 nitrogen and oxygen atoms in total. The van der Waals surface area contributed by atoms with Gasteiger partial charge in [0.15, 0.2) is 5.78 Å². The highest BCUT2D eigenvalue weighted by molar-refractivity contribution is 7.89. The molecule has 1 aliphatic rings. The largest absolute Gasteiger partial charge is 0.344 e. The van der Waals surface area contributed by atoms with E-state index in [4.69, 9.17) is 11.6 Å². The summed E-state index contributed by atoms with van der Waals surface area (Å²) in [6.45, 7) is 3.57. The van der Waals surface area contributed by atoms with E-state index in [2.05, 4.69) is 20.6 Å². The number of amides is 2. The molecule has 1 aliphatic heterocycles. The topological polar surface area (TPSA) is 138 Å². The number of hydrogen-bond donors (Lipinski definition) is 2. The minimum atomic E-state index is -3.94. The molecule has 3 aromatic rings. The van der Waals surface area contributed by atoms with Gasteiger partial charge in [0, 0.05) is 11.6 Å². The molecule has 1 saturated heterocycles. The number of carbonyl (C=O) groups excluding carboxylic acids is 3. The lowest BCUT2D eigenvalue weighted by Crippen LogP contribution is -2.52. The molecule has 206 valence electrons. The van der Waals surface area contributed by atoms with Crippen molar-refractivity contribution in [3.05, 3.63) is 65.4 Å². The van der Waals surface area contributed by atoms with Crippen molar-refractivity contribution in [3.63, 3.8) is 0 Å². The van der Waals surface area contributed by atoms with Crippen molar-refractivity contribution in [2.75, 3.05) is 13.1 Å². The molecule has 1 aromatic heterocycles. The monoisotopic (exact) mass is 571 g/mol. The van der Waals surface area contributed by atoms with Gasteiger partial charge in [-0.2, -0.15) is 4.31 Å². The molecule has 12 heteroatoms. The van der Waals surface area contributed by atoms with Crippen LogP contribution in [0.5, 0.6) is 0 Å². The Hall–Kier alpha value is -3.41. The van der Waals surface area contributed by atoms with E-state index in [-0.39, 0.29) is 41.0 Å². The third-order valence-corrected chi connectivity index (χ3v) is 8.46. The molecule has 2 amide bonds. The van der Waals surface area contributed by atoms with Crippen LogP contribution in [-0.2, 0) is 19.6 Å². The average Bonchev–Trinajstić information content (AvgIpc) is 3.09. The van der Waals surface area contributed by atoms with Crippen LogP contribution in [0, 0.1) is 5.92 Å². The number of benzene rings is 2. The quantitative estimate of drug-likeness (QED) is 0.424. The van der Waals surface area contributed by atoms with Gasteiger partial charge in [0.05, 0.1) is 34.7 Å². The molecule has 0 spiro atoms. The molecule has 0 radical (unpaired) electrons. The van der Waals surface area contributed by atoms with Crippen LogP contribution in [0.4, 0.5) is 0 Å². The van der Waals surface area contributed by atoms with E-state index in [1.165, 1.54) is 24.4 Å². The van der Waals surface area contributed by atoms with Crippen LogP contribution >= 0.6 is 11.6 Å². The number of halogens is 1. The van der Waals surface area contributed by atoms with Crippen LogP contribution in [0.3, 0.4) is 0 Å². The van der Waals surface area contributed by atoms with Crippen molar-refractivity contribution in [3.8, 4) is 0 Å². The molecule has 0 aliphatic carbocycles. The standard InChI is InChI=1S/C27H30ClN5O5S/c1-17(2)13-23(32-27(36)24-15-29-20-9-3-4-10-21(20)30-24)26(35)31-22-11-6-12-33(16-25(22)34)39(37,38)19-8-5-7-18(28)14-19/h3-5,7-10,14-15,17,22-23H,6,11-13,16H2,1-2H3,(H,31,35)(H,32,36)/t22-,23?/m0/s1. The Morgan fingerprint density at radius 3 is 2.59 bits per heavy atom. The molecule has 4 rings (SSSR count). The highest BCUT2D eigenvalue weighted by Gasteiger charge is 2.34. The predicted molar refractivity (Wildman–Crippen MR) is 147 cm³/mol. The lowest BCUT2D eigenvalue weighted by atomic mass is 10.0. The van der Waals surface area contributed by atoms with Gasteiger partial charge < -0.3 is 10.6 Å². The molecule has 0 saturated carbocycles. The predicted octanol–water partition coefficient (Wildman–Crippen LogP) is 2.97. The van der Waals surface area contributed by atoms with E-state index in [9.17, 15) is 22.8 Å². The number of para-hydroxylation sites is 2. The summed E-state index contributed by atoms with van der Waals surface area (Å²) in [5.41, 5.74) is 1.27. The number of Topliss-reactive ketones (excluding diaryl/α,β-unsaturated/α-hetero) is 1. The van der Waals surface area contributed by atoms with E-state index < -0.39 is 39.7 Å². The van der Waals surface area contributed by atoms with E-state index >= 15 is 0 Å². The molecule has 0 bridgehead atoms. The van der Waals surface area contributed by atoms with Gasteiger partial charge >= 0.3 is 0 Å². The summed E-state index contributed by atoms with van der Waals surface area (Å²) in [5, 5.41) is 5.74. The fourth-order valence-corrected chi connectivity index (χ4v) is 6.15. The summed E-state index contributed by atoms with van der Waals surface area (Å²) < 4.78 is 27.3. The highest BCUT2D eigenvalue weighted by Crippen LogP contribution is 2.22. The number of fused-ring (bicyclic) bond motifs is 1. The second-order valence-electron chi connectivity index (χ2n) is 9.87. The first-order chi connectivity index (χ1) is 18.5. The van der Waals surface area contributed by atoms with Crippen LogP contribution in [0.25, 0.3) is 11.0 Å². The van der Waals surface area contributed by atoms with Gasteiger partial charge in [0.1, 0.15) is 11.7 Å². The van der Waals surface area contributed by atoms with E-state index in [1.807, 2.05) is 19.9 Å². The number of rotatable bonds is 8. The highest BCUT2D eigenvalue weighted by atomic mass is 35.5. The van der Waals surface area contributed by atoms with Crippen molar-refractivity contribution in [1.82, 2.24) is 24.9 Å². The Morgan fingerprint density at radius 2 is 1.87 bits per heavy atom. The summed E-state index contributed by atoms with van der Waals surface area (Å²) in [4.78, 5) is 47.9. The number of hydrogen-bond acceptors (Lipinski definition) is 7. The molecule has 2 heterocycles. The fourth-order valence-electron chi connectivity index (χ4n) is 4.40. The molecule has 2 N–H and O–H groups in total. The number of nitrogens with zero attached hydrogens (tertiary/aromatic N) is 3. The third-order valence-electron chi connectivity index (χ3n) is 6.38. The SMILES string of the molecule is CC(C)CC(NC(=O)c1cnc2ccccc2n1)C(=O)N[C@H]1CCCN(S(=O)(=O)c2cccc(Cl)c2)CC1=O. The smallest absolute Gasteiger partial charge is 0.272 e. The maximum atomic E-state index is 13.3. The zero-order valence-corrected chi connectivity index (χ0v) is 23.2. The second kappa shape index (κ2) is 12.2. The van der Waals surface area contributed by atoms with Crippen LogP contribution in [0.2, 0.25) is 5.02 Å². The van der Waals surface area contributed by atoms with Crippen molar-refractivity contribution < 1.29 is 22.8 Å². The van der Waals surface area contributed by atoms with Gasteiger partial charge in [-0.15, -0.1) is 0 Å². The molecule has 1 unspecified atom stereocenters. The van der Waals surface area contributed by atoms with Gasteiger partial charge in [0.2, 0.25) is 15.9 Å². The van der Waals surface area contributed by atoms with Crippen LogP contribution in [-0.4, -0.2) is 65.5 Å². The lowest BCUT2D eigenvalue weighted by Gasteiger charge is -2.23. The summed E-state index contributed by atoms with van der Waals surface area (Å²) in [7, 11) is -3.94. The van der Waals surface area contributed by atoms with E-state index in [1.54, 1.807) is 24.3 Å². The normalized spacial score (nSPS) is 17.5. The fraction of sp³-hybridized carbons (Fsp3) is 0.370. The van der Waals surface area contributed by atoms with E-state index in [0.717, 1.165) is 4.31 Å². The third kappa shape index (κ3) is 6.97. The van der Waals surface area contributed by atoms with Gasteiger partial charge in [0.25, 0.3) is 5.91 Å². The van der Waals surface area contributed by atoms with Crippen LogP contribution < -0.4 is 10.6 Å². The Kier molecular flexibility index (Phi) is 8.94. The number of sulfonamides is 1. The maximum absolute atomic E-state index is 13.3. The van der Waals surface area contributed by atoms with Crippen molar-refractivity contribution in [2.45, 2.75) is 50.1 Å². The summed E-state index contributed by atoms with van der Waals surface area (Å²) >= 11 is 5.96. The summed E-state index contributed by atoms with van der Waals surface area (Å²) in [6, 6.07) is 11.2. The first-order valence-corrected chi connectivity index (χ1v) is 14.5. The summed E-state index contributed by atoms with van der Waals surface area (Å²) in [5.74, 6) is -1.44. The Bertz CT molecular complexity index is 1500. The molecule has 2 aromatic carbocycles. The number of nitrogens with one attached hydrogen (secondary N) is 2. The molecule has 2 atom stereocenters. The molecule has 39 heavy (non-hydrogen) atoms. The number of aromatic nitrogens is 2. The Morgan fingerprint density at radius 1 is 1.13 bits per heavy atom. The average molecular weight is 572 g/mol. The van der Waals surface area contributed by atoms with Crippen molar-refractivity contribution in [2.24, 2.45) is 5.92 Å². The van der Waals surface area contributed by atoms with Crippen LogP contribution in [0.1, 0.15) is 43.6 Å². The summed E-state index contributed by atoms with van der Waals surface area (Å²) in [6.07, 6.45) is 2.32. The van der Waals surface area contributed by atoms with Gasteiger partial charge in [-0.3, -0.25) is 19.4 Å². The molecular weight excluding hydrogens is 542 g/mol. The van der Waals surface area contributed by atoms with Gasteiger partial charge in [-0.25, -0.2) is 13.4 Å². The first kappa shape index (κ1) is 28.6. The zero-order chi connectivity index (χ0) is 28.2. The maximum Gasteiger partial charge on any atom is 0.272 e. The van der Waals surface area contributed by atoms with Crippen molar-refractivity contribution >= 4 is 50.3 Å². The lowest BCUT2D eigenvalue weighted by molar-refractivity contribution is -0.129. The Labute approximate surface area is 232 Å². The number of carbonyl (C=O) groups is 3. The van der Waals surface area contributed by atoms with Gasteiger partial charge in [-0.1, -0.05) is 43.6 Å². The van der Waals surface area contributed by atoms with Gasteiger partial charge in [-0.05, 0) is 55.5 Å². The minimum absolute atomic E-state index is 0.00165. The zero-order valence-electron chi connectivity index (χ0n) is 21.6. The second-order valence-corrected chi connectivity index (χ2v) is 12.2. The molecule has 1 fully saturated rings. The van der Waals surface area contributed by atoms with Crippen molar-refractivity contribution in [1.29, 1.82) is 0 Å². The number of ketones is 1. The van der Waals surface area contributed by atoms with Crippen LogP contribution in [0.15, 0.2) is 59.6 Å². The minimum Gasteiger partial charge on any atom is -0.344 e. The first-order valence-electron chi connectivity index (χ1n) is 12.7. The Balaban J connectivity index is 1.45.